The summed E-state index contributed by atoms with van der Waals surface area (Å²) in [6.07, 6.45) is 3.67. The second-order valence-corrected chi connectivity index (χ2v) is 10.3. The number of benzene rings is 3. The number of fused-ring (bicyclic) bond motifs is 3. The Balaban J connectivity index is 1.53. The van der Waals surface area contributed by atoms with Gasteiger partial charge in [-0.25, -0.2) is 0 Å². The SMILES string of the molecule is CCCCN(CC(=O)N1c2ccccc2-n2cccc2C1c1cccc(Cl)c1)C(=O)C(Cl)c1ccccc1. The van der Waals surface area contributed by atoms with Crippen molar-refractivity contribution >= 4 is 40.7 Å². The van der Waals surface area contributed by atoms with Crippen LogP contribution < -0.4 is 4.90 Å². The third-order valence-electron chi connectivity index (χ3n) is 6.88. The van der Waals surface area contributed by atoms with Crippen LogP contribution in [0.1, 0.15) is 48.0 Å². The van der Waals surface area contributed by atoms with Crippen molar-refractivity contribution in [3.63, 3.8) is 0 Å². The predicted octanol–water partition coefficient (Wildman–Crippen LogP) is 7.18. The van der Waals surface area contributed by atoms with Gasteiger partial charge in [0.15, 0.2) is 0 Å². The summed E-state index contributed by atoms with van der Waals surface area (Å²) in [4.78, 5) is 31.2. The van der Waals surface area contributed by atoms with Crippen LogP contribution >= 0.6 is 23.2 Å². The van der Waals surface area contributed by atoms with Crippen LogP contribution in [0.4, 0.5) is 5.69 Å². The molecule has 1 aromatic heterocycles. The summed E-state index contributed by atoms with van der Waals surface area (Å²) in [5.74, 6) is -0.455. The quantitative estimate of drug-likeness (QED) is 0.220. The van der Waals surface area contributed by atoms with Crippen LogP contribution in [0.2, 0.25) is 5.02 Å². The van der Waals surface area contributed by atoms with Crippen molar-refractivity contribution in [3.8, 4) is 5.69 Å². The number of aromatic nitrogens is 1. The highest BCUT2D eigenvalue weighted by Gasteiger charge is 2.37. The molecule has 7 heteroatoms. The average molecular weight is 546 g/mol. The van der Waals surface area contributed by atoms with Crippen molar-refractivity contribution in [2.75, 3.05) is 18.0 Å². The molecular formula is C31H29Cl2N3O2. The average Bonchev–Trinajstić information content (AvgIpc) is 3.44. The molecule has 0 N–H and O–H groups in total. The van der Waals surface area contributed by atoms with Crippen molar-refractivity contribution in [2.24, 2.45) is 0 Å². The van der Waals surface area contributed by atoms with Gasteiger partial charge >= 0.3 is 0 Å². The van der Waals surface area contributed by atoms with E-state index in [1.54, 1.807) is 9.80 Å². The molecule has 0 bridgehead atoms. The fourth-order valence-corrected chi connectivity index (χ4v) is 5.52. The minimum Gasteiger partial charge on any atom is -0.332 e. The Morgan fingerprint density at radius 1 is 0.921 bits per heavy atom. The van der Waals surface area contributed by atoms with Crippen molar-refractivity contribution in [1.82, 2.24) is 9.47 Å². The lowest BCUT2D eigenvalue weighted by atomic mass is 9.97. The van der Waals surface area contributed by atoms with Crippen molar-refractivity contribution in [3.05, 3.63) is 119 Å². The highest BCUT2D eigenvalue weighted by Crippen LogP contribution is 2.42. The highest BCUT2D eigenvalue weighted by atomic mass is 35.5. The van der Waals surface area contributed by atoms with Crippen LogP contribution in [0.25, 0.3) is 5.69 Å². The fraction of sp³-hybridized carbons (Fsp3) is 0.226. The van der Waals surface area contributed by atoms with Gasteiger partial charge in [-0.05, 0) is 53.9 Å². The molecule has 3 aromatic carbocycles. The number of hydrogen-bond donors (Lipinski definition) is 0. The van der Waals surface area contributed by atoms with E-state index in [0.717, 1.165) is 35.5 Å². The van der Waals surface area contributed by atoms with Gasteiger partial charge in [-0.3, -0.25) is 14.5 Å². The molecule has 0 aliphatic carbocycles. The first-order valence-corrected chi connectivity index (χ1v) is 13.6. The Hall–Kier alpha value is -3.54. The van der Waals surface area contributed by atoms with Crippen LogP contribution in [0, 0.1) is 0 Å². The lowest BCUT2D eigenvalue weighted by Crippen LogP contribution is -2.47. The molecule has 38 heavy (non-hydrogen) atoms. The first kappa shape index (κ1) is 26.1. The Kier molecular flexibility index (Phi) is 7.87. The lowest BCUT2D eigenvalue weighted by molar-refractivity contribution is -0.135. The zero-order valence-corrected chi connectivity index (χ0v) is 22.6. The first-order valence-electron chi connectivity index (χ1n) is 12.8. The Morgan fingerprint density at radius 3 is 2.39 bits per heavy atom. The monoisotopic (exact) mass is 545 g/mol. The number of unbranched alkanes of at least 4 members (excludes halogenated alkanes) is 1. The molecule has 0 radical (unpaired) electrons. The highest BCUT2D eigenvalue weighted by molar-refractivity contribution is 6.31. The van der Waals surface area contributed by atoms with Crippen LogP contribution in [-0.2, 0) is 9.59 Å². The van der Waals surface area contributed by atoms with Gasteiger partial charge in [0.1, 0.15) is 18.0 Å². The van der Waals surface area contributed by atoms with Gasteiger partial charge in [-0.2, -0.15) is 0 Å². The summed E-state index contributed by atoms with van der Waals surface area (Å²) in [6, 6.07) is 28.3. The number of hydrogen-bond acceptors (Lipinski definition) is 2. The summed E-state index contributed by atoms with van der Waals surface area (Å²) >= 11 is 13.0. The van der Waals surface area contributed by atoms with Crippen molar-refractivity contribution < 1.29 is 9.59 Å². The molecule has 2 unspecified atom stereocenters. The van der Waals surface area contributed by atoms with E-state index in [2.05, 4.69) is 11.5 Å². The van der Waals surface area contributed by atoms with E-state index in [4.69, 9.17) is 23.2 Å². The van der Waals surface area contributed by atoms with E-state index in [9.17, 15) is 9.59 Å². The molecule has 5 rings (SSSR count). The number of halogens is 2. The van der Waals surface area contributed by atoms with Gasteiger partial charge in [-0.1, -0.05) is 79.5 Å². The normalized spacial score (nSPS) is 14.9. The third-order valence-corrected chi connectivity index (χ3v) is 7.55. The summed E-state index contributed by atoms with van der Waals surface area (Å²) in [6.45, 7) is 2.43. The van der Waals surface area contributed by atoms with Crippen LogP contribution in [0.3, 0.4) is 0 Å². The first-order chi connectivity index (χ1) is 18.5. The van der Waals surface area contributed by atoms with Crippen LogP contribution in [0.15, 0.2) is 97.2 Å². The number of para-hydroxylation sites is 2. The molecule has 0 fully saturated rings. The molecule has 0 saturated heterocycles. The van der Waals surface area contributed by atoms with Gasteiger partial charge in [0.25, 0.3) is 0 Å². The molecule has 2 amide bonds. The standard InChI is InChI=1S/C31H29Cl2N3O2/c1-2-3-18-34(31(38)29(33)22-11-5-4-6-12-22)21-28(37)36-26-16-8-7-15-25(26)35-19-10-17-27(35)30(36)23-13-9-14-24(32)20-23/h4-17,19-20,29-30H,2-3,18,21H2,1H3. The number of carbonyl (C=O) groups is 2. The molecule has 1 aliphatic rings. The van der Waals surface area contributed by atoms with E-state index >= 15 is 0 Å². The van der Waals surface area contributed by atoms with Gasteiger partial charge in [0.05, 0.1) is 17.1 Å². The number of nitrogens with zero attached hydrogens (tertiary/aromatic N) is 3. The number of carbonyl (C=O) groups excluding carboxylic acids is 2. The molecule has 194 valence electrons. The molecule has 2 atom stereocenters. The number of amides is 2. The molecule has 5 nitrogen and oxygen atoms in total. The predicted molar refractivity (Wildman–Crippen MR) is 153 cm³/mol. The summed E-state index contributed by atoms with van der Waals surface area (Å²) < 4.78 is 2.11. The van der Waals surface area contributed by atoms with Crippen molar-refractivity contribution in [2.45, 2.75) is 31.2 Å². The van der Waals surface area contributed by atoms with Gasteiger partial charge in [-0.15, -0.1) is 11.6 Å². The summed E-state index contributed by atoms with van der Waals surface area (Å²) in [7, 11) is 0. The Labute approximate surface area is 233 Å². The molecule has 2 heterocycles. The number of anilines is 1. The molecule has 1 aliphatic heterocycles. The minimum atomic E-state index is -0.865. The fourth-order valence-electron chi connectivity index (χ4n) is 5.03. The second kappa shape index (κ2) is 11.5. The third kappa shape index (κ3) is 5.09. The topological polar surface area (TPSA) is 45.6 Å². The largest absolute Gasteiger partial charge is 0.332 e. The van der Waals surface area contributed by atoms with E-state index < -0.39 is 11.4 Å². The zero-order chi connectivity index (χ0) is 26.6. The zero-order valence-electron chi connectivity index (χ0n) is 21.1. The minimum absolute atomic E-state index is 0.0823. The Bertz CT molecular complexity index is 1440. The summed E-state index contributed by atoms with van der Waals surface area (Å²) in [5, 5.41) is -0.269. The maximum atomic E-state index is 14.2. The smallest absolute Gasteiger partial charge is 0.247 e. The van der Waals surface area contributed by atoms with Crippen molar-refractivity contribution in [1.29, 1.82) is 0 Å². The maximum Gasteiger partial charge on any atom is 0.247 e. The molecular weight excluding hydrogens is 517 g/mol. The van der Waals surface area contributed by atoms with Crippen LogP contribution in [0.5, 0.6) is 0 Å². The van der Waals surface area contributed by atoms with E-state index in [1.807, 2.05) is 97.2 Å². The van der Waals surface area contributed by atoms with E-state index in [-0.39, 0.29) is 18.4 Å². The van der Waals surface area contributed by atoms with E-state index in [0.29, 0.717) is 17.1 Å². The maximum absolute atomic E-state index is 14.2. The lowest BCUT2D eigenvalue weighted by Gasteiger charge is -2.39. The van der Waals surface area contributed by atoms with Gasteiger partial charge in [0.2, 0.25) is 11.8 Å². The van der Waals surface area contributed by atoms with E-state index in [1.165, 1.54) is 0 Å². The van der Waals surface area contributed by atoms with Crippen LogP contribution in [-0.4, -0.2) is 34.4 Å². The number of alkyl halides is 1. The van der Waals surface area contributed by atoms with Gasteiger partial charge in [0, 0.05) is 17.8 Å². The molecule has 0 saturated carbocycles. The molecule has 4 aromatic rings. The second-order valence-electron chi connectivity index (χ2n) is 9.40. The number of rotatable bonds is 8. The Morgan fingerprint density at radius 2 is 1.66 bits per heavy atom. The van der Waals surface area contributed by atoms with Gasteiger partial charge < -0.3 is 9.47 Å². The molecule has 0 spiro atoms. The summed E-state index contributed by atoms with van der Waals surface area (Å²) in [5.41, 5.74) is 4.24.